The topological polar surface area (TPSA) is 69.4 Å². The Labute approximate surface area is 97.9 Å². The number of methoxy groups -OCH3 is 1. The maximum Gasteiger partial charge on any atom is 0.310 e. The van der Waals surface area contributed by atoms with Crippen LogP contribution in [0.25, 0.3) is 0 Å². The Hall–Kier alpha value is -1.23. The molecule has 3 unspecified atom stereocenters. The van der Waals surface area contributed by atoms with Gasteiger partial charge in [0.1, 0.15) is 5.25 Å². The van der Waals surface area contributed by atoms with Gasteiger partial charge < -0.3 is 10.5 Å². The summed E-state index contributed by atoms with van der Waals surface area (Å²) in [6.45, 7) is 0. The lowest BCUT2D eigenvalue weighted by molar-refractivity contribution is -0.147. The fourth-order valence-electron chi connectivity index (χ4n) is 2.17. The summed E-state index contributed by atoms with van der Waals surface area (Å²) < 4.78 is 4.75. The van der Waals surface area contributed by atoms with Crippen LogP contribution in [0.2, 0.25) is 0 Å². The van der Waals surface area contributed by atoms with Crippen LogP contribution in [0.1, 0.15) is 6.42 Å². The summed E-state index contributed by atoms with van der Waals surface area (Å²) in [7, 11) is 1.34. The predicted octanol–water partition coefficient (Wildman–Crippen LogP) is 0.836. The Morgan fingerprint density at radius 2 is 2.31 bits per heavy atom. The van der Waals surface area contributed by atoms with Gasteiger partial charge in [-0.25, -0.2) is 0 Å². The van der Waals surface area contributed by atoms with Crippen LogP contribution in [0.4, 0.5) is 0 Å². The van der Waals surface area contributed by atoms with Crippen molar-refractivity contribution in [3.63, 3.8) is 0 Å². The lowest BCUT2D eigenvalue weighted by Crippen LogP contribution is -2.37. The summed E-state index contributed by atoms with van der Waals surface area (Å²) >= 11 is 1.39. The van der Waals surface area contributed by atoms with E-state index in [1.54, 1.807) is 0 Å². The highest BCUT2D eigenvalue weighted by atomic mass is 32.2. The number of carbonyl (C=O) groups excluding carboxylic acids is 2. The number of rotatable bonds is 2. The van der Waals surface area contributed by atoms with Crippen molar-refractivity contribution in [3.8, 4) is 0 Å². The van der Waals surface area contributed by atoms with Gasteiger partial charge in [-0.15, -0.1) is 11.8 Å². The van der Waals surface area contributed by atoms with Gasteiger partial charge in [0.2, 0.25) is 5.91 Å². The van der Waals surface area contributed by atoms with Crippen molar-refractivity contribution in [2.24, 2.45) is 17.6 Å². The third-order valence-corrected chi connectivity index (χ3v) is 4.42. The van der Waals surface area contributed by atoms with Crippen LogP contribution < -0.4 is 5.73 Å². The second-order valence-electron chi connectivity index (χ2n) is 3.83. The van der Waals surface area contributed by atoms with E-state index >= 15 is 0 Å². The molecule has 0 aromatic carbocycles. The summed E-state index contributed by atoms with van der Waals surface area (Å²) in [6.07, 6.45) is 6.64. The van der Waals surface area contributed by atoms with Gasteiger partial charge in [0.05, 0.1) is 13.0 Å². The van der Waals surface area contributed by atoms with Crippen LogP contribution in [-0.2, 0) is 14.3 Å². The number of carbonyl (C=O) groups is 2. The molecule has 0 spiro atoms. The van der Waals surface area contributed by atoms with E-state index in [0.717, 1.165) is 11.3 Å². The lowest BCUT2D eigenvalue weighted by Gasteiger charge is -2.19. The molecule has 2 N–H and O–H groups in total. The fourth-order valence-corrected chi connectivity index (χ4v) is 3.60. The molecule has 1 aliphatic carbocycles. The third-order valence-electron chi connectivity index (χ3n) is 2.93. The number of hydrogen-bond donors (Lipinski definition) is 1. The number of hydrogen-bond acceptors (Lipinski definition) is 4. The highest BCUT2D eigenvalue weighted by molar-refractivity contribution is 8.04. The van der Waals surface area contributed by atoms with Crippen LogP contribution in [0.3, 0.4) is 0 Å². The molecule has 2 aliphatic rings. The SMILES string of the molecule is COC(=O)C1C2CC=CC=C2SC1C(N)=O. The molecule has 1 saturated heterocycles. The number of fused-ring (bicyclic) bond motifs is 1. The molecule has 0 aromatic rings. The van der Waals surface area contributed by atoms with Crippen LogP contribution in [-0.4, -0.2) is 24.2 Å². The molecule has 86 valence electrons. The Morgan fingerprint density at radius 1 is 1.56 bits per heavy atom. The van der Waals surface area contributed by atoms with Crippen molar-refractivity contribution in [1.29, 1.82) is 0 Å². The Kier molecular flexibility index (Phi) is 3.05. The quantitative estimate of drug-likeness (QED) is 0.725. The van der Waals surface area contributed by atoms with E-state index in [4.69, 9.17) is 10.5 Å². The maximum absolute atomic E-state index is 11.7. The predicted molar refractivity (Wildman–Crippen MR) is 61.4 cm³/mol. The normalized spacial score (nSPS) is 31.8. The van der Waals surface area contributed by atoms with Crippen molar-refractivity contribution in [2.75, 3.05) is 7.11 Å². The van der Waals surface area contributed by atoms with E-state index in [1.807, 2.05) is 18.2 Å². The van der Waals surface area contributed by atoms with Crippen molar-refractivity contribution >= 4 is 23.6 Å². The lowest BCUT2D eigenvalue weighted by atomic mass is 9.84. The third kappa shape index (κ3) is 1.75. The van der Waals surface area contributed by atoms with Gasteiger partial charge in [-0.3, -0.25) is 9.59 Å². The molecule has 3 atom stereocenters. The average molecular weight is 239 g/mol. The highest BCUT2D eigenvalue weighted by Gasteiger charge is 2.47. The van der Waals surface area contributed by atoms with Crippen molar-refractivity contribution < 1.29 is 14.3 Å². The Morgan fingerprint density at radius 3 is 2.94 bits per heavy atom. The van der Waals surface area contributed by atoms with Gasteiger partial charge in [-0.05, 0) is 11.3 Å². The minimum atomic E-state index is -0.497. The van der Waals surface area contributed by atoms with Crippen molar-refractivity contribution in [2.45, 2.75) is 11.7 Å². The van der Waals surface area contributed by atoms with E-state index in [0.29, 0.717) is 0 Å². The average Bonchev–Trinajstić information content (AvgIpc) is 2.67. The number of amides is 1. The van der Waals surface area contributed by atoms with E-state index in [-0.39, 0.29) is 11.9 Å². The molecule has 0 aromatic heterocycles. The second-order valence-corrected chi connectivity index (χ2v) is 5.04. The Balaban J connectivity index is 2.30. The van der Waals surface area contributed by atoms with Gasteiger partial charge in [-0.1, -0.05) is 18.2 Å². The number of thioether (sulfide) groups is 1. The van der Waals surface area contributed by atoms with Crippen LogP contribution in [0.15, 0.2) is 23.1 Å². The molecular weight excluding hydrogens is 226 g/mol. The molecule has 0 radical (unpaired) electrons. The molecule has 0 saturated carbocycles. The van der Waals surface area contributed by atoms with E-state index < -0.39 is 17.1 Å². The minimum Gasteiger partial charge on any atom is -0.469 e. The molecule has 1 fully saturated rings. The first-order valence-electron chi connectivity index (χ1n) is 5.05. The summed E-state index contributed by atoms with van der Waals surface area (Å²) in [5.41, 5.74) is 5.32. The molecule has 1 amide bonds. The summed E-state index contributed by atoms with van der Waals surface area (Å²) in [4.78, 5) is 24.1. The molecule has 1 heterocycles. The van der Waals surface area contributed by atoms with E-state index in [1.165, 1.54) is 18.9 Å². The van der Waals surface area contributed by atoms with Crippen molar-refractivity contribution in [3.05, 3.63) is 23.1 Å². The first-order chi connectivity index (χ1) is 7.65. The second kappa shape index (κ2) is 4.33. The van der Waals surface area contributed by atoms with Gasteiger partial charge in [0.25, 0.3) is 0 Å². The van der Waals surface area contributed by atoms with Crippen LogP contribution >= 0.6 is 11.8 Å². The van der Waals surface area contributed by atoms with E-state index in [2.05, 4.69) is 0 Å². The number of nitrogens with two attached hydrogens (primary N) is 1. The smallest absolute Gasteiger partial charge is 0.310 e. The van der Waals surface area contributed by atoms with E-state index in [9.17, 15) is 9.59 Å². The highest BCUT2D eigenvalue weighted by Crippen LogP contribution is 2.49. The van der Waals surface area contributed by atoms with Crippen LogP contribution in [0.5, 0.6) is 0 Å². The van der Waals surface area contributed by atoms with Gasteiger partial charge in [0.15, 0.2) is 0 Å². The minimum absolute atomic E-state index is 0.0555. The molecular formula is C11H13NO3S. The van der Waals surface area contributed by atoms with Gasteiger partial charge >= 0.3 is 5.97 Å². The first kappa shape index (κ1) is 11.3. The molecule has 2 rings (SSSR count). The molecule has 16 heavy (non-hydrogen) atoms. The Bertz CT molecular complexity index is 387. The maximum atomic E-state index is 11.7. The van der Waals surface area contributed by atoms with Gasteiger partial charge in [-0.2, -0.15) is 0 Å². The standard InChI is InChI=1S/C11H13NO3S/c1-15-11(14)8-6-4-2-3-5-7(6)16-9(8)10(12)13/h2-3,5-6,8-9H,4H2,1H3,(H2,12,13). The molecule has 5 heteroatoms. The molecule has 1 aliphatic heterocycles. The first-order valence-corrected chi connectivity index (χ1v) is 5.93. The number of esters is 1. The number of allylic oxidation sites excluding steroid dienone is 4. The number of primary amides is 1. The zero-order valence-electron chi connectivity index (χ0n) is 8.88. The molecule has 4 nitrogen and oxygen atoms in total. The van der Waals surface area contributed by atoms with Crippen molar-refractivity contribution in [1.82, 2.24) is 0 Å². The largest absolute Gasteiger partial charge is 0.469 e. The van der Waals surface area contributed by atoms with Gasteiger partial charge in [0, 0.05) is 5.92 Å². The monoisotopic (exact) mass is 239 g/mol. The summed E-state index contributed by atoms with van der Waals surface area (Å²) in [6, 6.07) is 0. The number of ether oxygens (including phenoxy) is 1. The zero-order valence-corrected chi connectivity index (χ0v) is 9.70. The summed E-state index contributed by atoms with van der Waals surface area (Å²) in [5, 5.41) is -0.497. The molecule has 0 bridgehead atoms. The van der Waals surface area contributed by atoms with Crippen LogP contribution in [0, 0.1) is 11.8 Å². The zero-order chi connectivity index (χ0) is 11.7. The summed E-state index contributed by atoms with van der Waals surface area (Å²) in [5.74, 6) is -1.18. The fraction of sp³-hybridized carbons (Fsp3) is 0.455.